The molecule has 4 N–H and O–H groups in total. The molecule has 25 heavy (non-hydrogen) atoms. The van der Waals surface area contributed by atoms with Gasteiger partial charge in [0.05, 0.1) is 6.54 Å². The lowest BCUT2D eigenvalue weighted by atomic mass is 10.1. The third-order valence-corrected chi connectivity index (χ3v) is 3.62. The number of carbonyl (C=O) groups is 2. The maximum absolute atomic E-state index is 11.9. The maximum Gasteiger partial charge on any atom is 0.249 e. The van der Waals surface area contributed by atoms with Crippen molar-refractivity contribution in [2.45, 2.75) is 31.7 Å². The first-order valence-electron chi connectivity index (χ1n) is 8.25. The van der Waals surface area contributed by atoms with Gasteiger partial charge < -0.3 is 20.9 Å². The molecule has 1 heterocycles. The zero-order valence-electron chi connectivity index (χ0n) is 14.0. The summed E-state index contributed by atoms with van der Waals surface area (Å²) in [5.74, 6) is 0.611. The fourth-order valence-electron chi connectivity index (χ4n) is 2.39. The summed E-state index contributed by atoms with van der Waals surface area (Å²) in [4.78, 5) is 26.6. The van der Waals surface area contributed by atoms with E-state index >= 15 is 0 Å². The number of nitrogens with zero attached hydrogens (tertiary/aromatic N) is 2. The van der Waals surface area contributed by atoms with E-state index in [0.717, 1.165) is 18.4 Å². The predicted octanol–water partition coefficient (Wildman–Crippen LogP) is 0.693. The number of unbranched alkanes of at least 4 members (excludes halogenated alkanes) is 1. The molecule has 8 heteroatoms. The van der Waals surface area contributed by atoms with Crippen LogP contribution in [-0.2, 0) is 16.0 Å². The summed E-state index contributed by atoms with van der Waals surface area (Å²) in [5.41, 5.74) is 6.60. The van der Waals surface area contributed by atoms with Gasteiger partial charge in [0, 0.05) is 6.42 Å². The van der Waals surface area contributed by atoms with Crippen LogP contribution in [0, 0.1) is 0 Å². The molecule has 0 saturated carbocycles. The molecule has 0 radical (unpaired) electrons. The molecule has 1 aromatic heterocycles. The Morgan fingerprint density at radius 2 is 2.08 bits per heavy atom. The van der Waals surface area contributed by atoms with E-state index in [1.807, 2.05) is 30.3 Å². The van der Waals surface area contributed by atoms with Crippen LogP contribution in [0.2, 0.25) is 0 Å². The number of benzene rings is 1. The van der Waals surface area contributed by atoms with Gasteiger partial charge >= 0.3 is 0 Å². The summed E-state index contributed by atoms with van der Waals surface area (Å²) >= 11 is 0. The van der Waals surface area contributed by atoms with Gasteiger partial charge in [0.2, 0.25) is 18.2 Å². The van der Waals surface area contributed by atoms with Gasteiger partial charge in [-0.3, -0.25) is 9.59 Å². The third kappa shape index (κ3) is 6.34. The number of hydrogen-bond acceptors (Lipinski definition) is 6. The summed E-state index contributed by atoms with van der Waals surface area (Å²) in [6, 6.07) is 9.42. The Morgan fingerprint density at radius 1 is 1.28 bits per heavy atom. The normalized spacial score (nSPS) is 11.7. The summed E-state index contributed by atoms with van der Waals surface area (Å²) in [7, 11) is 0. The van der Waals surface area contributed by atoms with Gasteiger partial charge in [-0.25, -0.2) is 0 Å². The van der Waals surface area contributed by atoms with Crippen LogP contribution < -0.4 is 16.4 Å². The zero-order chi connectivity index (χ0) is 17.9. The van der Waals surface area contributed by atoms with Crippen LogP contribution >= 0.6 is 0 Å². The maximum atomic E-state index is 11.9. The monoisotopic (exact) mass is 345 g/mol. The molecule has 1 atom stereocenters. The van der Waals surface area contributed by atoms with E-state index in [0.29, 0.717) is 37.5 Å². The number of carbonyl (C=O) groups excluding carboxylic acids is 2. The minimum Gasteiger partial charge on any atom is -0.350 e. The van der Waals surface area contributed by atoms with E-state index < -0.39 is 6.04 Å². The second-order valence-corrected chi connectivity index (χ2v) is 5.61. The number of nitrogens with one attached hydrogen (secondary N) is 2. The predicted molar refractivity (Wildman–Crippen MR) is 91.4 cm³/mol. The molecule has 1 aromatic carbocycles. The van der Waals surface area contributed by atoms with Crippen LogP contribution in [0.5, 0.6) is 0 Å². The molecule has 0 aliphatic rings. The first-order chi connectivity index (χ1) is 12.2. The van der Waals surface area contributed by atoms with Crippen molar-refractivity contribution in [1.29, 1.82) is 0 Å². The average molecular weight is 345 g/mol. The van der Waals surface area contributed by atoms with Gasteiger partial charge in [0.15, 0.2) is 5.82 Å². The molecule has 1 unspecified atom stereocenters. The van der Waals surface area contributed by atoms with Crippen LogP contribution in [0.3, 0.4) is 0 Å². The lowest BCUT2D eigenvalue weighted by Crippen LogP contribution is -2.36. The first kappa shape index (κ1) is 18.6. The van der Waals surface area contributed by atoms with Gasteiger partial charge in [-0.2, -0.15) is 4.98 Å². The lowest BCUT2D eigenvalue weighted by molar-refractivity contribution is -0.123. The van der Waals surface area contributed by atoms with Crippen LogP contribution in [0.1, 0.15) is 42.6 Å². The van der Waals surface area contributed by atoms with Crippen molar-refractivity contribution in [1.82, 2.24) is 20.8 Å². The summed E-state index contributed by atoms with van der Waals surface area (Å²) in [6.45, 7) is 0.484. The average Bonchev–Trinajstić information content (AvgIpc) is 3.08. The van der Waals surface area contributed by atoms with Gasteiger partial charge in [0.25, 0.3) is 0 Å². The second-order valence-electron chi connectivity index (χ2n) is 5.61. The highest BCUT2D eigenvalue weighted by molar-refractivity contribution is 5.80. The largest absolute Gasteiger partial charge is 0.350 e. The minimum absolute atomic E-state index is 0.0953. The Balaban J connectivity index is 2.02. The van der Waals surface area contributed by atoms with Crippen LogP contribution in [0.15, 0.2) is 34.9 Å². The van der Waals surface area contributed by atoms with E-state index in [9.17, 15) is 9.59 Å². The van der Waals surface area contributed by atoms with Crippen molar-refractivity contribution >= 4 is 12.3 Å². The molecule has 0 bridgehead atoms. The minimum atomic E-state index is -0.399. The zero-order valence-corrected chi connectivity index (χ0v) is 14.0. The van der Waals surface area contributed by atoms with Crippen molar-refractivity contribution in [3.05, 3.63) is 47.6 Å². The van der Waals surface area contributed by atoms with Gasteiger partial charge in [-0.1, -0.05) is 35.5 Å². The number of rotatable bonds is 11. The van der Waals surface area contributed by atoms with E-state index in [2.05, 4.69) is 20.8 Å². The molecule has 0 fully saturated rings. The van der Waals surface area contributed by atoms with Gasteiger partial charge in [-0.05, 0) is 31.4 Å². The third-order valence-electron chi connectivity index (χ3n) is 3.62. The molecule has 2 amide bonds. The first-order valence-corrected chi connectivity index (χ1v) is 8.25. The molecule has 0 spiro atoms. The van der Waals surface area contributed by atoms with E-state index in [4.69, 9.17) is 10.3 Å². The van der Waals surface area contributed by atoms with Crippen LogP contribution in [-0.4, -0.2) is 35.5 Å². The molecular weight excluding hydrogens is 322 g/mol. The number of nitrogens with two attached hydrogens (primary N) is 1. The van der Waals surface area contributed by atoms with E-state index in [-0.39, 0.29) is 12.5 Å². The van der Waals surface area contributed by atoms with Gasteiger partial charge in [-0.15, -0.1) is 0 Å². The molecule has 0 saturated heterocycles. The lowest BCUT2D eigenvalue weighted by Gasteiger charge is -2.14. The number of amides is 2. The standard InChI is InChI=1S/C17H23N5O3/c18-9-5-4-8-14(20-16(24)11-19-12-23)17-21-15(22-25-17)10-13-6-2-1-3-7-13/h1-3,6-7,12,14H,4-5,8-11,18H2,(H,19,23)(H,20,24). The Kier molecular flexibility index (Phi) is 7.58. The summed E-state index contributed by atoms with van der Waals surface area (Å²) in [6.07, 6.45) is 3.33. The Hall–Kier alpha value is -2.74. The van der Waals surface area contributed by atoms with Gasteiger partial charge in [0.1, 0.15) is 6.04 Å². The molecule has 134 valence electrons. The fraction of sp³-hybridized carbons (Fsp3) is 0.412. The second kappa shape index (κ2) is 10.2. The molecule has 2 rings (SSSR count). The SMILES string of the molecule is NCCCCC(NC(=O)CNC=O)c1nc(Cc2ccccc2)no1. The van der Waals surface area contributed by atoms with E-state index in [1.54, 1.807) is 0 Å². The Labute approximate surface area is 146 Å². The fourth-order valence-corrected chi connectivity index (χ4v) is 2.39. The highest BCUT2D eigenvalue weighted by Gasteiger charge is 2.21. The molecule has 8 nitrogen and oxygen atoms in total. The number of aromatic nitrogens is 2. The molecule has 0 aliphatic carbocycles. The molecule has 0 aliphatic heterocycles. The number of hydrogen-bond donors (Lipinski definition) is 3. The van der Waals surface area contributed by atoms with Crippen molar-refractivity contribution in [3.8, 4) is 0 Å². The van der Waals surface area contributed by atoms with E-state index in [1.165, 1.54) is 0 Å². The smallest absolute Gasteiger partial charge is 0.249 e. The molecule has 2 aromatic rings. The molecular formula is C17H23N5O3. The highest BCUT2D eigenvalue weighted by Crippen LogP contribution is 2.18. The Bertz CT molecular complexity index is 659. The van der Waals surface area contributed by atoms with Crippen molar-refractivity contribution in [3.63, 3.8) is 0 Å². The quantitative estimate of drug-likeness (QED) is 0.407. The highest BCUT2D eigenvalue weighted by atomic mass is 16.5. The summed E-state index contributed by atoms with van der Waals surface area (Å²) < 4.78 is 5.34. The topological polar surface area (TPSA) is 123 Å². The summed E-state index contributed by atoms with van der Waals surface area (Å²) in [5, 5.41) is 9.13. The van der Waals surface area contributed by atoms with Crippen molar-refractivity contribution < 1.29 is 14.1 Å². The van der Waals surface area contributed by atoms with Crippen LogP contribution in [0.4, 0.5) is 0 Å². The van der Waals surface area contributed by atoms with Crippen LogP contribution in [0.25, 0.3) is 0 Å². The van der Waals surface area contributed by atoms with Crippen molar-refractivity contribution in [2.24, 2.45) is 5.73 Å². The Morgan fingerprint density at radius 3 is 2.80 bits per heavy atom. The van der Waals surface area contributed by atoms with Crippen molar-refractivity contribution in [2.75, 3.05) is 13.1 Å².